The predicted molar refractivity (Wildman–Crippen MR) is 32.2 cm³/mol. The maximum absolute atomic E-state index is 12.0. The number of carbonyl (C=O) groups is 1. The topological polar surface area (TPSA) is 52.1 Å². The highest BCUT2D eigenvalue weighted by Crippen LogP contribution is 1.95. The van der Waals surface area contributed by atoms with Crippen LogP contribution in [-0.2, 0) is 4.74 Å². The molecule has 1 aromatic heterocycles. The molecule has 0 aliphatic heterocycles. The van der Waals surface area contributed by atoms with E-state index in [4.69, 9.17) is 0 Å². The number of ether oxygens (including phenoxy) is 1. The van der Waals surface area contributed by atoms with Crippen molar-refractivity contribution in [3.8, 4) is 0 Å². The fourth-order valence-corrected chi connectivity index (χ4v) is 0.490. The normalized spacial score (nSPS) is 9.27. The van der Waals surface area contributed by atoms with Gasteiger partial charge in [-0.05, 0) is 0 Å². The monoisotopic (exact) mass is 155 g/mol. The van der Waals surface area contributed by atoms with E-state index in [9.17, 15) is 9.18 Å². The Morgan fingerprint density at radius 1 is 1.82 bits per heavy atom. The minimum atomic E-state index is -0.919. The first-order valence-corrected chi connectivity index (χ1v) is 2.72. The Labute approximate surface area is 62.0 Å². The van der Waals surface area contributed by atoms with Crippen LogP contribution in [0.3, 0.4) is 0 Å². The highest BCUT2D eigenvalue weighted by molar-refractivity contribution is 5.88. The summed E-state index contributed by atoms with van der Waals surface area (Å²) in [6.07, 6.45) is 2.21. The molecule has 0 saturated heterocycles. The molecule has 0 unspecified atom stereocenters. The standard InChI is InChI=1S/C6H4FN2O2/c1-11-5(10)4-2-8-6(7)9-3-4/h2H,1H3. The fraction of sp³-hybridized carbons (Fsp3) is 0.167. The van der Waals surface area contributed by atoms with E-state index in [2.05, 4.69) is 20.9 Å². The number of esters is 1. The highest BCUT2D eigenvalue weighted by atomic mass is 19.1. The summed E-state index contributed by atoms with van der Waals surface area (Å²) < 4.78 is 16.4. The Hall–Kier alpha value is -1.52. The number of nitrogens with zero attached hydrogens (tertiary/aromatic N) is 2. The van der Waals surface area contributed by atoms with Crippen LogP contribution < -0.4 is 0 Å². The second-order valence-electron chi connectivity index (χ2n) is 1.66. The SMILES string of the molecule is COC(=O)c1[c]nc(F)nc1. The quantitative estimate of drug-likeness (QED) is 0.429. The Morgan fingerprint density at radius 3 is 3.00 bits per heavy atom. The molecule has 0 aliphatic rings. The zero-order chi connectivity index (χ0) is 8.27. The van der Waals surface area contributed by atoms with Crippen LogP contribution in [0, 0.1) is 12.3 Å². The Bertz CT molecular complexity index is 260. The molecule has 0 atom stereocenters. The van der Waals surface area contributed by atoms with Crippen molar-refractivity contribution in [2.75, 3.05) is 7.11 Å². The molecule has 1 rings (SSSR count). The average Bonchev–Trinajstić information content (AvgIpc) is 2.05. The van der Waals surface area contributed by atoms with E-state index in [1.54, 1.807) is 0 Å². The number of aromatic nitrogens is 2. The molecule has 0 saturated carbocycles. The van der Waals surface area contributed by atoms with E-state index in [0.29, 0.717) is 0 Å². The van der Waals surface area contributed by atoms with Gasteiger partial charge in [-0.1, -0.05) is 0 Å². The van der Waals surface area contributed by atoms with E-state index in [-0.39, 0.29) is 5.56 Å². The fourth-order valence-electron chi connectivity index (χ4n) is 0.490. The molecule has 0 aliphatic carbocycles. The minimum absolute atomic E-state index is 0.00824. The second kappa shape index (κ2) is 3.05. The van der Waals surface area contributed by atoms with Crippen molar-refractivity contribution in [1.82, 2.24) is 9.97 Å². The molecule has 0 spiro atoms. The van der Waals surface area contributed by atoms with E-state index < -0.39 is 12.0 Å². The van der Waals surface area contributed by atoms with Crippen molar-refractivity contribution in [3.05, 3.63) is 24.0 Å². The third kappa shape index (κ3) is 1.70. The lowest BCUT2D eigenvalue weighted by atomic mass is 10.3. The number of hydrogen-bond acceptors (Lipinski definition) is 4. The first-order chi connectivity index (χ1) is 5.24. The average molecular weight is 155 g/mol. The Kier molecular flexibility index (Phi) is 2.10. The lowest BCUT2D eigenvalue weighted by molar-refractivity contribution is 0.0599. The molecule has 0 N–H and O–H groups in total. The third-order valence-corrected chi connectivity index (χ3v) is 0.974. The van der Waals surface area contributed by atoms with Crippen molar-refractivity contribution >= 4 is 5.97 Å². The first kappa shape index (κ1) is 7.59. The maximum atomic E-state index is 12.0. The Balaban J connectivity index is 2.90. The summed E-state index contributed by atoms with van der Waals surface area (Å²) in [4.78, 5) is 16.9. The highest BCUT2D eigenvalue weighted by Gasteiger charge is 2.06. The summed E-state index contributed by atoms with van der Waals surface area (Å²) in [5, 5.41) is 0. The van der Waals surface area contributed by atoms with Gasteiger partial charge in [0.2, 0.25) is 0 Å². The van der Waals surface area contributed by atoms with E-state index in [1.807, 2.05) is 0 Å². The van der Waals surface area contributed by atoms with Gasteiger partial charge in [0, 0.05) is 6.20 Å². The second-order valence-corrected chi connectivity index (χ2v) is 1.66. The van der Waals surface area contributed by atoms with Crippen LogP contribution in [0.5, 0.6) is 0 Å². The number of carbonyl (C=O) groups excluding carboxylic acids is 1. The summed E-state index contributed by atoms with van der Waals surface area (Å²) in [5.41, 5.74) is 0.00824. The molecular formula is C6H4FN2O2. The van der Waals surface area contributed by atoms with Gasteiger partial charge in [-0.15, -0.1) is 0 Å². The number of halogens is 1. The third-order valence-electron chi connectivity index (χ3n) is 0.974. The molecule has 0 amide bonds. The van der Waals surface area contributed by atoms with Crippen LogP contribution in [0.2, 0.25) is 0 Å². The molecule has 0 fully saturated rings. The molecule has 4 nitrogen and oxygen atoms in total. The van der Waals surface area contributed by atoms with Gasteiger partial charge in [0.15, 0.2) is 0 Å². The van der Waals surface area contributed by atoms with E-state index in [0.717, 1.165) is 6.20 Å². The van der Waals surface area contributed by atoms with Crippen molar-refractivity contribution in [1.29, 1.82) is 0 Å². The van der Waals surface area contributed by atoms with Gasteiger partial charge in [0.05, 0.1) is 7.11 Å². The molecule has 11 heavy (non-hydrogen) atoms. The van der Waals surface area contributed by atoms with Gasteiger partial charge in [0.25, 0.3) is 0 Å². The van der Waals surface area contributed by atoms with Crippen LogP contribution in [0.4, 0.5) is 4.39 Å². The van der Waals surface area contributed by atoms with Crippen molar-refractivity contribution < 1.29 is 13.9 Å². The zero-order valence-electron chi connectivity index (χ0n) is 5.67. The number of methoxy groups -OCH3 is 1. The first-order valence-electron chi connectivity index (χ1n) is 2.72. The van der Waals surface area contributed by atoms with Crippen molar-refractivity contribution in [3.63, 3.8) is 0 Å². The lowest BCUT2D eigenvalue weighted by Gasteiger charge is -1.94. The van der Waals surface area contributed by atoms with Gasteiger partial charge in [-0.2, -0.15) is 9.37 Å². The molecule has 1 heterocycles. The van der Waals surface area contributed by atoms with Gasteiger partial charge in [0.1, 0.15) is 11.8 Å². The molecule has 0 bridgehead atoms. The van der Waals surface area contributed by atoms with Crippen LogP contribution in [0.1, 0.15) is 10.4 Å². The number of hydrogen-bond donors (Lipinski definition) is 0. The lowest BCUT2D eigenvalue weighted by Crippen LogP contribution is -2.03. The van der Waals surface area contributed by atoms with Crippen molar-refractivity contribution in [2.24, 2.45) is 0 Å². The summed E-state index contributed by atoms with van der Waals surface area (Å²) >= 11 is 0. The Morgan fingerprint density at radius 2 is 2.55 bits per heavy atom. The van der Waals surface area contributed by atoms with Crippen molar-refractivity contribution in [2.45, 2.75) is 0 Å². The molecule has 5 heteroatoms. The van der Waals surface area contributed by atoms with Gasteiger partial charge < -0.3 is 4.74 Å². The summed E-state index contributed by atoms with van der Waals surface area (Å²) in [5.74, 6) is -0.634. The van der Waals surface area contributed by atoms with Crippen LogP contribution in [-0.4, -0.2) is 23.0 Å². The van der Waals surface area contributed by atoms with Gasteiger partial charge in [-0.25, -0.2) is 9.78 Å². The summed E-state index contributed by atoms with van der Waals surface area (Å²) in [7, 11) is 1.21. The smallest absolute Gasteiger partial charge is 0.341 e. The largest absolute Gasteiger partial charge is 0.465 e. The molecular weight excluding hydrogens is 151 g/mol. The zero-order valence-corrected chi connectivity index (χ0v) is 5.67. The molecule has 0 aromatic carbocycles. The van der Waals surface area contributed by atoms with Gasteiger partial charge in [-0.3, -0.25) is 0 Å². The van der Waals surface area contributed by atoms with Crippen LogP contribution in [0.25, 0.3) is 0 Å². The molecule has 57 valence electrons. The molecule has 1 radical (unpaired) electrons. The minimum Gasteiger partial charge on any atom is -0.465 e. The predicted octanol–water partition coefficient (Wildman–Crippen LogP) is 0.202. The van der Waals surface area contributed by atoms with E-state index in [1.165, 1.54) is 7.11 Å². The van der Waals surface area contributed by atoms with E-state index >= 15 is 0 Å². The molecule has 1 aromatic rings. The summed E-state index contributed by atoms with van der Waals surface area (Å²) in [6, 6.07) is 0. The van der Waals surface area contributed by atoms with Crippen LogP contribution >= 0.6 is 0 Å². The maximum Gasteiger partial charge on any atom is 0.341 e. The summed E-state index contributed by atoms with van der Waals surface area (Å²) in [6.45, 7) is 0. The van der Waals surface area contributed by atoms with Crippen LogP contribution in [0.15, 0.2) is 6.20 Å². The van der Waals surface area contributed by atoms with Gasteiger partial charge >= 0.3 is 12.0 Å². The number of rotatable bonds is 1.